The molecule has 0 atom stereocenters. The van der Waals surface area contributed by atoms with E-state index in [1.54, 1.807) is 29.0 Å². The van der Waals surface area contributed by atoms with Crippen LogP contribution in [0.4, 0.5) is 4.39 Å². The molecule has 2 N–H and O–H groups in total. The second kappa shape index (κ2) is 4.93. The lowest BCUT2D eigenvalue weighted by molar-refractivity contribution is 0.622. The van der Waals surface area contributed by atoms with E-state index < -0.39 is 0 Å². The Bertz CT molecular complexity index is 578. The normalized spacial score (nSPS) is 10.5. The number of halogens is 1. The van der Waals surface area contributed by atoms with Crippen molar-refractivity contribution in [2.45, 2.75) is 13.1 Å². The highest BCUT2D eigenvalue weighted by molar-refractivity contribution is 5.28. The molecule has 88 valence electrons. The molecule has 0 aliphatic rings. The maximum atomic E-state index is 13.0. The molecular weight excluding hydrogens is 219 g/mol. The van der Waals surface area contributed by atoms with Gasteiger partial charge in [0.1, 0.15) is 5.82 Å². The third-order valence-electron chi connectivity index (χ3n) is 2.63. The third-order valence-corrected chi connectivity index (χ3v) is 2.63. The molecule has 0 radical (unpaired) electrons. The lowest BCUT2D eigenvalue weighted by Gasteiger charge is -2.09. The zero-order valence-electron chi connectivity index (χ0n) is 9.27. The Balaban J connectivity index is 2.36. The highest BCUT2D eigenvalue weighted by Crippen LogP contribution is 2.11. The first kappa shape index (κ1) is 11.5. The topological polar surface area (TPSA) is 48.0 Å². The SMILES string of the molecule is NCc1cc(F)ccc1Cn1ccccc1=O. The summed E-state index contributed by atoms with van der Waals surface area (Å²) in [4.78, 5) is 11.5. The number of nitrogens with zero attached hydrogens (tertiary/aromatic N) is 1. The van der Waals surface area contributed by atoms with Gasteiger partial charge in [-0.2, -0.15) is 0 Å². The fourth-order valence-electron chi connectivity index (χ4n) is 1.71. The average molecular weight is 232 g/mol. The number of hydrogen-bond acceptors (Lipinski definition) is 2. The molecule has 2 aromatic rings. The van der Waals surface area contributed by atoms with Gasteiger partial charge in [0.15, 0.2) is 0 Å². The van der Waals surface area contributed by atoms with Gasteiger partial charge in [-0.25, -0.2) is 4.39 Å². The van der Waals surface area contributed by atoms with Crippen LogP contribution in [0, 0.1) is 5.82 Å². The molecule has 1 aromatic heterocycles. The molecule has 3 nitrogen and oxygen atoms in total. The predicted octanol–water partition coefficient (Wildman–Crippen LogP) is 1.49. The van der Waals surface area contributed by atoms with Crippen LogP contribution in [0.25, 0.3) is 0 Å². The van der Waals surface area contributed by atoms with Crippen molar-refractivity contribution in [2.24, 2.45) is 5.73 Å². The molecule has 0 amide bonds. The van der Waals surface area contributed by atoms with E-state index in [4.69, 9.17) is 5.73 Å². The summed E-state index contributed by atoms with van der Waals surface area (Å²) in [7, 11) is 0. The second-order valence-electron chi connectivity index (χ2n) is 3.78. The van der Waals surface area contributed by atoms with Crippen molar-refractivity contribution in [1.29, 1.82) is 0 Å². The molecule has 0 saturated carbocycles. The first-order valence-corrected chi connectivity index (χ1v) is 5.33. The molecular formula is C13H13FN2O. The summed E-state index contributed by atoms with van der Waals surface area (Å²) in [6.45, 7) is 0.668. The molecule has 0 fully saturated rings. The lowest BCUT2D eigenvalue weighted by atomic mass is 10.1. The van der Waals surface area contributed by atoms with Gasteiger partial charge in [0.2, 0.25) is 0 Å². The molecule has 1 heterocycles. The van der Waals surface area contributed by atoms with Crippen LogP contribution in [0.2, 0.25) is 0 Å². The molecule has 0 bridgehead atoms. The Kier molecular flexibility index (Phi) is 3.35. The Morgan fingerprint density at radius 2 is 2.00 bits per heavy atom. The van der Waals surface area contributed by atoms with Gasteiger partial charge >= 0.3 is 0 Å². The van der Waals surface area contributed by atoms with Crippen molar-refractivity contribution < 1.29 is 4.39 Å². The zero-order valence-corrected chi connectivity index (χ0v) is 9.27. The van der Waals surface area contributed by atoms with E-state index in [0.29, 0.717) is 6.54 Å². The summed E-state index contributed by atoms with van der Waals surface area (Å²) >= 11 is 0. The number of nitrogens with two attached hydrogens (primary N) is 1. The van der Waals surface area contributed by atoms with E-state index in [1.807, 2.05) is 0 Å². The molecule has 0 unspecified atom stereocenters. The van der Waals surface area contributed by atoms with Crippen LogP contribution in [-0.4, -0.2) is 4.57 Å². The Morgan fingerprint density at radius 1 is 1.18 bits per heavy atom. The molecule has 4 heteroatoms. The van der Waals surface area contributed by atoms with E-state index in [2.05, 4.69) is 0 Å². The van der Waals surface area contributed by atoms with Crippen LogP contribution in [0.3, 0.4) is 0 Å². The minimum absolute atomic E-state index is 0.0835. The standard InChI is InChI=1S/C13H13FN2O/c14-12-5-4-10(11(7-12)8-15)9-16-6-2-1-3-13(16)17/h1-7H,8-9,15H2. The van der Waals surface area contributed by atoms with Crippen molar-refractivity contribution in [1.82, 2.24) is 4.57 Å². The highest BCUT2D eigenvalue weighted by Gasteiger charge is 2.04. The van der Waals surface area contributed by atoms with E-state index in [0.717, 1.165) is 11.1 Å². The van der Waals surface area contributed by atoms with Crippen molar-refractivity contribution in [3.05, 3.63) is 69.9 Å². The van der Waals surface area contributed by atoms with Gasteiger partial charge in [0.05, 0.1) is 6.54 Å². The van der Waals surface area contributed by atoms with Crippen molar-refractivity contribution >= 4 is 0 Å². The van der Waals surface area contributed by atoms with Gasteiger partial charge < -0.3 is 10.3 Å². The fourth-order valence-corrected chi connectivity index (χ4v) is 1.71. The summed E-state index contributed by atoms with van der Waals surface area (Å²) in [5.74, 6) is -0.311. The molecule has 1 aromatic carbocycles. The third kappa shape index (κ3) is 2.60. The molecule has 0 aliphatic heterocycles. The van der Waals surface area contributed by atoms with E-state index >= 15 is 0 Å². The van der Waals surface area contributed by atoms with Crippen LogP contribution in [0.15, 0.2) is 47.4 Å². The summed E-state index contributed by atoms with van der Waals surface area (Å²) in [6, 6.07) is 9.41. The maximum Gasteiger partial charge on any atom is 0.250 e. The van der Waals surface area contributed by atoms with Crippen molar-refractivity contribution in [3.63, 3.8) is 0 Å². The van der Waals surface area contributed by atoms with E-state index in [1.165, 1.54) is 18.2 Å². The first-order valence-electron chi connectivity index (χ1n) is 5.33. The number of pyridine rings is 1. The summed E-state index contributed by atoms with van der Waals surface area (Å²) in [6.07, 6.45) is 1.70. The minimum atomic E-state index is -0.311. The van der Waals surface area contributed by atoms with Crippen LogP contribution in [-0.2, 0) is 13.1 Å². The van der Waals surface area contributed by atoms with E-state index in [-0.39, 0.29) is 17.9 Å². The average Bonchev–Trinajstić information content (AvgIpc) is 2.34. The molecule has 0 saturated heterocycles. The summed E-state index contributed by atoms with van der Waals surface area (Å²) < 4.78 is 14.6. The minimum Gasteiger partial charge on any atom is -0.326 e. The van der Waals surface area contributed by atoms with Gasteiger partial charge in [0, 0.05) is 18.8 Å². The van der Waals surface area contributed by atoms with Crippen molar-refractivity contribution in [2.75, 3.05) is 0 Å². The van der Waals surface area contributed by atoms with Gasteiger partial charge in [-0.3, -0.25) is 4.79 Å². The number of hydrogen-bond donors (Lipinski definition) is 1. The number of benzene rings is 1. The molecule has 0 aliphatic carbocycles. The van der Waals surface area contributed by atoms with Crippen LogP contribution < -0.4 is 11.3 Å². The fraction of sp³-hybridized carbons (Fsp3) is 0.154. The first-order chi connectivity index (χ1) is 8.20. The number of aromatic nitrogens is 1. The largest absolute Gasteiger partial charge is 0.326 e. The Morgan fingerprint density at radius 3 is 2.71 bits per heavy atom. The van der Waals surface area contributed by atoms with Crippen LogP contribution in [0.5, 0.6) is 0 Å². The monoisotopic (exact) mass is 232 g/mol. The zero-order chi connectivity index (χ0) is 12.3. The Labute approximate surface area is 98.3 Å². The van der Waals surface area contributed by atoms with Gasteiger partial charge in [0.25, 0.3) is 5.56 Å². The molecule has 0 spiro atoms. The second-order valence-corrected chi connectivity index (χ2v) is 3.78. The number of rotatable bonds is 3. The molecule has 17 heavy (non-hydrogen) atoms. The van der Waals surface area contributed by atoms with Crippen molar-refractivity contribution in [3.8, 4) is 0 Å². The summed E-state index contributed by atoms with van der Waals surface area (Å²) in [5.41, 5.74) is 7.06. The molecule has 2 rings (SSSR count). The van der Waals surface area contributed by atoms with Gasteiger partial charge in [-0.05, 0) is 29.3 Å². The van der Waals surface area contributed by atoms with Gasteiger partial charge in [-0.1, -0.05) is 12.1 Å². The predicted molar refractivity (Wildman–Crippen MR) is 64.1 cm³/mol. The van der Waals surface area contributed by atoms with E-state index in [9.17, 15) is 9.18 Å². The highest BCUT2D eigenvalue weighted by atomic mass is 19.1. The maximum absolute atomic E-state index is 13.0. The smallest absolute Gasteiger partial charge is 0.250 e. The Hall–Kier alpha value is -1.94. The van der Waals surface area contributed by atoms with Gasteiger partial charge in [-0.15, -0.1) is 0 Å². The summed E-state index contributed by atoms with van der Waals surface area (Å²) in [5, 5.41) is 0. The lowest BCUT2D eigenvalue weighted by Crippen LogP contribution is -2.19. The van der Waals surface area contributed by atoms with Crippen LogP contribution in [0.1, 0.15) is 11.1 Å². The van der Waals surface area contributed by atoms with Crippen LogP contribution >= 0.6 is 0 Å². The quantitative estimate of drug-likeness (QED) is 0.871.